The van der Waals surface area contributed by atoms with Crippen molar-refractivity contribution in [2.45, 2.75) is 63.2 Å². The summed E-state index contributed by atoms with van der Waals surface area (Å²) >= 11 is 13.0. The second kappa shape index (κ2) is 10.4. The number of amides is 1. The molecule has 3 aromatic rings. The molecule has 7 nitrogen and oxygen atoms in total. The number of aryl methyl sites for hydroxylation is 1. The summed E-state index contributed by atoms with van der Waals surface area (Å²) < 4.78 is 16.9. The number of methoxy groups -OCH3 is 1. The highest BCUT2D eigenvalue weighted by Crippen LogP contribution is 2.47. The van der Waals surface area contributed by atoms with E-state index in [1.807, 2.05) is 29.2 Å². The van der Waals surface area contributed by atoms with Gasteiger partial charge in [-0.15, -0.1) is 0 Å². The second-order valence-corrected chi connectivity index (χ2v) is 11.1. The fourth-order valence-electron chi connectivity index (χ4n) is 5.74. The van der Waals surface area contributed by atoms with Crippen molar-refractivity contribution >= 4 is 40.8 Å². The molecule has 1 aliphatic heterocycles. The lowest BCUT2D eigenvalue weighted by Crippen LogP contribution is -2.43. The highest BCUT2D eigenvalue weighted by Gasteiger charge is 2.52. The van der Waals surface area contributed by atoms with Crippen molar-refractivity contribution in [2.75, 3.05) is 12.0 Å². The molecule has 2 saturated carbocycles. The molecule has 2 heterocycles. The molecule has 198 valence electrons. The predicted octanol–water partition coefficient (Wildman–Crippen LogP) is 6.34. The number of esters is 1. The van der Waals surface area contributed by atoms with Crippen LogP contribution in [0, 0.1) is 5.92 Å². The molecule has 1 unspecified atom stereocenters. The van der Waals surface area contributed by atoms with Gasteiger partial charge < -0.3 is 18.9 Å². The van der Waals surface area contributed by atoms with Crippen LogP contribution in [0.4, 0.5) is 5.69 Å². The SMILES string of the molecule is COC(=O)CCc1ccc(N2C(=O)[C@@H]3C[C@H]2CC3OCc2c(-c3c(Cl)cccc3Cl)noc2C2CC2)cc1. The lowest BCUT2D eigenvalue weighted by atomic mass is 10.0. The van der Waals surface area contributed by atoms with Gasteiger partial charge in [-0.05, 0) is 61.9 Å². The van der Waals surface area contributed by atoms with E-state index in [-0.39, 0.29) is 29.9 Å². The van der Waals surface area contributed by atoms with E-state index in [1.165, 1.54) is 7.11 Å². The zero-order valence-corrected chi connectivity index (χ0v) is 22.5. The smallest absolute Gasteiger partial charge is 0.305 e. The van der Waals surface area contributed by atoms with Gasteiger partial charge >= 0.3 is 5.97 Å². The summed E-state index contributed by atoms with van der Waals surface area (Å²) in [6.07, 6.45) is 4.43. The van der Waals surface area contributed by atoms with Crippen molar-refractivity contribution in [3.63, 3.8) is 0 Å². The van der Waals surface area contributed by atoms with E-state index < -0.39 is 0 Å². The lowest BCUT2D eigenvalue weighted by Gasteiger charge is -2.31. The van der Waals surface area contributed by atoms with Crippen molar-refractivity contribution in [1.29, 1.82) is 0 Å². The molecule has 38 heavy (non-hydrogen) atoms. The van der Waals surface area contributed by atoms with Crippen LogP contribution in [0.15, 0.2) is 47.0 Å². The Morgan fingerprint density at radius 2 is 1.84 bits per heavy atom. The monoisotopic (exact) mass is 554 g/mol. The van der Waals surface area contributed by atoms with E-state index in [4.69, 9.17) is 37.2 Å². The first-order chi connectivity index (χ1) is 18.4. The van der Waals surface area contributed by atoms with Gasteiger partial charge in [0.2, 0.25) is 5.91 Å². The number of aromatic nitrogens is 1. The fraction of sp³-hybridized carbons (Fsp3) is 0.414. The average molecular weight is 555 g/mol. The summed E-state index contributed by atoms with van der Waals surface area (Å²) in [6.45, 7) is 0.294. The van der Waals surface area contributed by atoms with Crippen molar-refractivity contribution in [2.24, 2.45) is 5.92 Å². The Morgan fingerprint density at radius 1 is 1.11 bits per heavy atom. The van der Waals surface area contributed by atoms with Crippen LogP contribution in [0.2, 0.25) is 10.0 Å². The normalized spacial score (nSPS) is 22.3. The number of carbonyl (C=O) groups excluding carboxylic acids is 2. The number of rotatable bonds is 9. The van der Waals surface area contributed by atoms with E-state index in [1.54, 1.807) is 18.2 Å². The Balaban J connectivity index is 1.14. The van der Waals surface area contributed by atoms with Crippen LogP contribution in [0.5, 0.6) is 0 Å². The third kappa shape index (κ3) is 4.72. The summed E-state index contributed by atoms with van der Waals surface area (Å²) in [5.41, 5.74) is 4.05. The molecule has 3 aliphatic rings. The first-order valence-corrected chi connectivity index (χ1v) is 13.7. The summed E-state index contributed by atoms with van der Waals surface area (Å²) in [7, 11) is 1.39. The van der Waals surface area contributed by atoms with Crippen LogP contribution in [-0.4, -0.2) is 36.3 Å². The van der Waals surface area contributed by atoms with Gasteiger partial charge in [0.25, 0.3) is 0 Å². The molecular weight excluding hydrogens is 527 g/mol. The summed E-state index contributed by atoms with van der Waals surface area (Å²) in [5, 5.41) is 5.36. The Morgan fingerprint density at radius 3 is 2.50 bits per heavy atom. The number of nitrogens with zero attached hydrogens (tertiary/aromatic N) is 2. The summed E-state index contributed by atoms with van der Waals surface area (Å²) in [5.74, 6) is 0.846. The van der Waals surface area contributed by atoms with Gasteiger partial charge in [0.05, 0.1) is 35.8 Å². The Labute approximate surface area is 231 Å². The van der Waals surface area contributed by atoms with Crippen LogP contribution in [-0.2, 0) is 32.1 Å². The zero-order valence-electron chi connectivity index (χ0n) is 21.0. The van der Waals surface area contributed by atoms with E-state index in [2.05, 4.69) is 5.16 Å². The molecule has 2 aliphatic carbocycles. The Hall–Kier alpha value is -2.87. The molecule has 3 fully saturated rings. The van der Waals surface area contributed by atoms with Gasteiger partial charge in [-0.25, -0.2) is 0 Å². The molecule has 0 N–H and O–H groups in total. The third-order valence-corrected chi connectivity index (χ3v) is 8.50. The number of fused-ring (bicyclic) bond motifs is 2. The number of anilines is 1. The molecule has 1 aromatic heterocycles. The number of benzene rings is 2. The van der Waals surface area contributed by atoms with E-state index in [0.717, 1.165) is 48.3 Å². The fourth-order valence-corrected chi connectivity index (χ4v) is 6.31. The zero-order chi connectivity index (χ0) is 26.4. The molecule has 2 aromatic carbocycles. The van der Waals surface area contributed by atoms with E-state index in [9.17, 15) is 9.59 Å². The van der Waals surface area contributed by atoms with Crippen molar-refractivity contribution < 1.29 is 23.6 Å². The lowest BCUT2D eigenvalue weighted by molar-refractivity contribution is -0.140. The molecular formula is C29H28Cl2N2O5. The Bertz CT molecular complexity index is 1350. The number of piperidine rings is 1. The van der Waals surface area contributed by atoms with Gasteiger partial charge in [-0.1, -0.05) is 46.6 Å². The molecule has 1 saturated heterocycles. The summed E-state index contributed by atoms with van der Waals surface area (Å²) in [6, 6.07) is 13.3. The number of ether oxygens (including phenoxy) is 2. The van der Waals surface area contributed by atoms with Gasteiger partial charge in [-0.3, -0.25) is 9.59 Å². The highest BCUT2D eigenvalue weighted by molar-refractivity contribution is 6.39. The minimum atomic E-state index is -0.232. The standard InChI is InChI=1S/C29H28Cl2N2O5/c1-36-25(34)12-7-16-5-10-18(11-6-16)33-19-13-20(29(33)35)24(14-19)37-15-21-27(32-38-28(21)17-8-9-17)26-22(30)3-2-4-23(26)31/h2-6,10-11,17,19-20,24H,7-9,12-15H2,1H3/t19-,20+,24?/m0/s1. The maximum atomic E-state index is 13.4. The van der Waals surface area contributed by atoms with Gasteiger partial charge in [0.15, 0.2) is 0 Å². The van der Waals surface area contributed by atoms with Crippen LogP contribution in [0.25, 0.3) is 11.3 Å². The van der Waals surface area contributed by atoms with E-state index >= 15 is 0 Å². The number of carbonyl (C=O) groups is 2. The molecule has 6 rings (SSSR count). The third-order valence-electron chi connectivity index (χ3n) is 7.87. The minimum absolute atomic E-state index is 0.0932. The second-order valence-electron chi connectivity index (χ2n) is 10.3. The van der Waals surface area contributed by atoms with Crippen LogP contribution < -0.4 is 4.90 Å². The quantitative estimate of drug-likeness (QED) is 0.287. The molecule has 0 radical (unpaired) electrons. The van der Waals surface area contributed by atoms with Crippen LogP contribution >= 0.6 is 23.2 Å². The molecule has 0 spiro atoms. The highest BCUT2D eigenvalue weighted by atomic mass is 35.5. The average Bonchev–Trinajstić information content (AvgIpc) is 3.43. The number of hydrogen-bond acceptors (Lipinski definition) is 6. The summed E-state index contributed by atoms with van der Waals surface area (Å²) in [4.78, 5) is 26.7. The van der Waals surface area contributed by atoms with Gasteiger partial charge in [0, 0.05) is 35.2 Å². The maximum Gasteiger partial charge on any atom is 0.305 e. The first-order valence-electron chi connectivity index (χ1n) is 13.0. The molecule has 9 heteroatoms. The van der Waals surface area contributed by atoms with Gasteiger partial charge in [-0.2, -0.15) is 0 Å². The van der Waals surface area contributed by atoms with Crippen molar-refractivity contribution in [3.8, 4) is 11.3 Å². The minimum Gasteiger partial charge on any atom is -0.469 e. The molecule has 3 atom stereocenters. The number of halogens is 2. The first kappa shape index (κ1) is 25.4. The Kier molecular flexibility index (Phi) is 6.93. The number of hydrogen-bond donors (Lipinski definition) is 0. The molecule has 1 amide bonds. The molecule has 2 bridgehead atoms. The predicted molar refractivity (Wildman–Crippen MR) is 143 cm³/mol. The van der Waals surface area contributed by atoms with Gasteiger partial charge in [0.1, 0.15) is 11.5 Å². The van der Waals surface area contributed by atoms with E-state index in [0.29, 0.717) is 46.7 Å². The topological polar surface area (TPSA) is 81.9 Å². The van der Waals surface area contributed by atoms with Crippen LogP contribution in [0.3, 0.4) is 0 Å². The van der Waals surface area contributed by atoms with Crippen molar-refractivity contribution in [1.82, 2.24) is 5.16 Å². The van der Waals surface area contributed by atoms with Crippen molar-refractivity contribution in [3.05, 3.63) is 69.4 Å². The maximum absolute atomic E-state index is 13.4. The largest absolute Gasteiger partial charge is 0.469 e. The van der Waals surface area contributed by atoms with Crippen LogP contribution in [0.1, 0.15) is 54.9 Å².